The molecule has 0 aliphatic carbocycles. The van der Waals surface area contributed by atoms with Crippen LogP contribution < -0.4 is 4.74 Å². The Hall–Kier alpha value is -2.24. The van der Waals surface area contributed by atoms with E-state index in [1.807, 2.05) is 0 Å². The number of carbonyl (C=O) groups is 2. The van der Waals surface area contributed by atoms with Gasteiger partial charge in [-0.15, -0.1) is 0 Å². The van der Waals surface area contributed by atoms with Crippen molar-refractivity contribution in [3.63, 3.8) is 0 Å². The Labute approximate surface area is 136 Å². The first kappa shape index (κ1) is 18.8. The van der Waals surface area contributed by atoms with Crippen molar-refractivity contribution in [1.29, 1.82) is 0 Å². The lowest BCUT2D eigenvalue weighted by molar-refractivity contribution is -0.168. The maximum atomic E-state index is 12.3. The summed E-state index contributed by atoms with van der Waals surface area (Å²) in [6, 6.07) is 4.64. The number of carbonyl (C=O) groups excluding carboxylic acids is 2. The van der Waals surface area contributed by atoms with Gasteiger partial charge in [0.25, 0.3) is 0 Å². The van der Waals surface area contributed by atoms with Crippen LogP contribution in [0.3, 0.4) is 0 Å². The van der Waals surface area contributed by atoms with E-state index in [2.05, 4.69) is 0 Å². The zero-order valence-corrected chi connectivity index (χ0v) is 14.2. The molecule has 0 saturated heterocycles. The maximum Gasteiger partial charge on any atom is 0.321 e. The monoisotopic (exact) mass is 324 g/mol. The second-order valence-electron chi connectivity index (χ2n) is 6.05. The molecule has 1 unspecified atom stereocenters. The van der Waals surface area contributed by atoms with E-state index in [1.165, 1.54) is 13.2 Å². The first-order valence-electron chi connectivity index (χ1n) is 7.43. The van der Waals surface area contributed by atoms with Crippen molar-refractivity contribution in [3.8, 4) is 11.5 Å². The molecule has 6 heteroatoms. The topological polar surface area (TPSA) is 82.1 Å². The van der Waals surface area contributed by atoms with Gasteiger partial charge < -0.3 is 19.3 Å². The van der Waals surface area contributed by atoms with E-state index in [-0.39, 0.29) is 24.5 Å². The minimum Gasteiger partial charge on any atom is -0.504 e. The molecule has 1 rings (SSSR count). The molecule has 0 bridgehead atoms. The Bertz CT molecular complexity index is 559. The van der Waals surface area contributed by atoms with Crippen LogP contribution in [0.1, 0.15) is 33.3 Å². The fraction of sp³-hybridized carbons (Fsp3) is 0.529. The van der Waals surface area contributed by atoms with Crippen LogP contribution in [0, 0.1) is 5.92 Å². The first-order chi connectivity index (χ1) is 10.7. The van der Waals surface area contributed by atoms with Crippen LogP contribution >= 0.6 is 0 Å². The molecule has 0 aromatic heterocycles. The molecule has 6 nitrogen and oxygen atoms in total. The average molecular weight is 324 g/mol. The number of phenolic OH excluding ortho intramolecular Hbond substituents is 1. The zero-order chi connectivity index (χ0) is 17.6. The molecule has 0 fully saturated rings. The molecule has 0 aliphatic rings. The van der Waals surface area contributed by atoms with Crippen molar-refractivity contribution in [2.24, 2.45) is 5.92 Å². The van der Waals surface area contributed by atoms with Crippen LogP contribution in [0.5, 0.6) is 11.5 Å². The number of hydrogen-bond acceptors (Lipinski definition) is 6. The van der Waals surface area contributed by atoms with Crippen molar-refractivity contribution in [3.05, 3.63) is 23.8 Å². The van der Waals surface area contributed by atoms with E-state index in [4.69, 9.17) is 14.2 Å². The highest BCUT2D eigenvalue weighted by Gasteiger charge is 2.32. The summed E-state index contributed by atoms with van der Waals surface area (Å²) in [5.41, 5.74) is -0.0439. The van der Waals surface area contributed by atoms with Gasteiger partial charge in [-0.05, 0) is 51.8 Å². The van der Waals surface area contributed by atoms with Crippen LogP contribution in [-0.4, -0.2) is 36.4 Å². The number of rotatable bonds is 6. The summed E-state index contributed by atoms with van der Waals surface area (Å²) in [4.78, 5) is 24.4. The summed E-state index contributed by atoms with van der Waals surface area (Å²) in [5, 5.41) is 9.62. The zero-order valence-electron chi connectivity index (χ0n) is 14.2. The first-order valence-corrected chi connectivity index (χ1v) is 7.43. The number of ether oxygens (including phenoxy) is 3. The second-order valence-corrected chi connectivity index (χ2v) is 6.05. The van der Waals surface area contributed by atoms with Crippen molar-refractivity contribution in [2.45, 2.75) is 39.7 Å². The SMILES string of the molecule is CCOC(=O)C(Cc1ccc(O)c(OC)c1)C(=O)OC(C)(C)C. The van der Waals surface area contributed by atoms with E-state index in [0.29, 0.717) is 5.56 Å². The molecular formula is C17H24O6. The molecule has 0 heterocycles. The van der Waals surface area contributed by atoms with Gasteiger partial charge in [0.05, 0.1) is 13.7 Å². The summed E-state index contributed by atoms with van der Waals surface area (Å²) >= 11 is 0. The predicted octanol–water partition coefficient (Wildman–Crippen LogP) is 2.46. The lowest BCUT2D eigenvalue weighted by Crippen LogP contribution is -2.35. The third-order valence-corrected chi connectivity index (χ3v) is 2.95. The summed E-state index contributed by atoms with van der Waals surface area (Å²) in [7, 11) is 1.43. The molecule has 0 radical (unpaired) electrons. The minimum absolute atomic E-state index is 0.0128. The van der Waals surface area contributed by atoms with Gasteiger partial charge in [-0.3, -0.25) is 9.59 Å². The van der Waals surface area contributed by atoms with E-state index in [1.54, 1.807) is 39.8 Å². The van der Waals surface area contributed by atoms with Crippen molar-refractivity contribution >= 4 is 11.9 Å². The summed E-state index contributed by atoms with van der Waals surface area (Å²) < 4.78 is 15.3. The van der Waals surface area contributed by atoms with Crippen LogP contribution in [0.25, 0.3) is 0 Å². The van der Waals surface area contributed by atoms with Gasteiger partial charge in [0.1, 0.15) is 5.60 Å². The highest BCUT2D eigenvalue weighted by molar-refractivity contribution is 5.95. The van der Waals surface area contributed by atoms with Crippen LogP contribution in [0.2, 0.25) is 0 Å². The summed E-state index contributed by atoms with van der Waals surface area (Å²) in [6.45, 7) is 7.05. The van der Waals surface area contributed by atoms with E-state index in [9.17, 15) is 14.7 Å². The number of aromatic hydroxyl groups is 1. The molecule has 23 heavy (non-hydrogen) atoms. The second kappa shape index (κ2) is 7.85. The molecule has 0 saturated carbocycles. The lowest BCUT2D eigenvalue weighted by Gasteiger charge is -2.23. The number of benzene rings is 1. The molecule has 0 spiro atoms. The van der Waals surface area contributed by atoms with Crippen molar-refractivity contribution in [2.75, 3.05) is 13.7 Å². The normalized spacial score (nSPS) is 12.4. The molecule has 128 valence electrons. The highest BCUT2D eigenvalue weighted by atomic mass is 16.6. The third-order valence-electron chi connectivity index (χ3n) is 2.95. The van der Waals surface area contributed by atoms with Crippen molar-refractivity contribution in [1.82, 2.24) is 0 Å². The van der Waals surface area contributed by atoms with Gasteiger partial charge in [0, 0.05) is 0 Å². The maximum absolute atomic E-state index is 12.3. The van der Waals surface area contributed by atoms with Crippen LogP contribution in [0.4, 0.5) is 0 Å². The van der Waals surface area contributed by atoms with Gasteiger partial charge in [0.15, 0.2) is 17.4 Å². The van der Waals surface area contributed by atoms with E-state index < -0.39 is 23.5 Å². The molecule has 1 aromatic carbocycles. The van der Waals surface area contributed by atoms with Crippen LogP contribution in [-0.2, 0) is 25.5 Å². The smallest absolute Gasteiger partial charge is 0.321 e. The minimum atomic E-state index is -1.07. The Morgan fingerprint density at radius 3 is 2.39 bits per heavy atom. The van der Waals surface area contributed by atoms with Gasteiger partial charge in [-0.2, -0.15) is 0 Å². The standard InChI is InChI=1S/C17H24O6/c1-6-22-15(19)12(16(20)23-17(2,3)4)9-11-7-8-13(18)14(10-11)21-5/h7-8,10,12,18H,6,9H2,1-5H3. The van der Waals surface area contributed by atoms with Gasteiger partial charge >= 0.3 is 11.9 Å². The molecule has 0 amide bonds. The lowest BCUT2D eigenvalue weighted by atomic mass is 9.98. The predicted molar refractivity (Wildman–Crippen MR) is 84.3 cm³/mol. The molecular weight excluding hydrogens is 300 g/mol. The Balaban J connectivity index is 3.01. The summed E-state index contributed by atoms with van der Waals surface area (Å²) in [6.07, 6.45) is 0.102. The Kier molecular flexibility index (Phi) is 6.42. The highest BCUT2D eigenvalue weighted by Crippen LogP contribution is 2.28. The van der Waals surface area contributed by atoms with E-state index in [0.717, 1.165) is 0 Å². The number of hydrogen-bond donors (Lipinski definition) is 1. The van der Waals surface area contributed by atoms with Crippen molar-refractivity contribution < 1.29 is 28.9 Å². The van der Waals surface area contributed by atoms with Crippen LogP contribution in [0.15, 0.2) is 18.2 Å². The Morgan fingerprint density at radius 2 is 1.87 bits per heavy atom. The average Bonchev–Trinajstić information content (AvgIpc) is 2.44. The number of methoxy groups -OCH3 is 1. The molecule has 1 atom stereocenters. The van der Waals surface area contributed by atoms with E-state index >= 15 is 0 Å². The Morgan fingerprint density at radius 1 is 1.22 bits per heavy atom. The number of phenols is 1. The molecule has 0 aliphatic heterocycles. The third kappa shape index (κ3) is 5.81. The molecule has 1 N–H and O–H groups in total. The summed E-state index contributed by atoms with van der Waals surface area (Å²) in [5.74, 6) is -2.07. The van der Waals surface area contributed by atoms with Gasteiger partial charge in [-0.25, -0.2) is 0 Å². The quantitative estimate of drug-likeness (QED) is 0.639. The fourth-order valence-corrected chi connectivity index (χ4v) is 1.96. The number of esters is 2. The fourth-order valence-electron chi connectivity index (χ4n) is 1.96. The molecule has 1 aromatic rings. The van der Waals surface area contributed by atoms with Gasteiger partial charge in [-0.1, -0.05) is 6.07 Å². The largest absolute Gasteiger partial charge is 0.504 e. The van der Waals surface area contributed by atoms with Gasteiger partial charge in [0.2, 0.25) is 0 Å².